The molecular weight excluding hydrogens is 228 g/mol. The SMILES string of the molecule is CCCN(CC(C)(C)C(=O)OC)C1CCNCC1. The quantitative estimate of drug-likeness (QED) is 0.734. The lowest BCUT2D eigenvalue weighted by atomic mass is 9.91. The lowest BCUT2D eigenvalue weighted by Crippen LogP contribution is -2.48. The summed E-state index contributed by atoms with van der Waals surface area (Å²) in [5.74, 6) is -0.113. The lowest BCUT2D eigenvalue weighted by Gasteiger charge is -2.38. The Morgan fingerprint density at radius 2 is 2.00 bits per heavy atom. The molecule has 0 radical (unpaired) electrons. The molecule has 0 atom stereocenters. The van der Waals surface area contributed by atoms with E-state index in [2.05, 4.69) is 17.1 Å². The molecule has 1 aliphatic rings. The van der Waals surface area contributed by atoms with E-state index in [1.165, 1.54) is 20.0 Å². The number of rotatable bonds is 6. The van der Waals surface area contributed by atoms with Gasteiger partial charge in [-0.3, -0.25) is 9.69 Å². The zero-order valence-electron chi connectivity index (χ0n) is 12.3. The molecule has 1 heterocycles. The highest BCUT2D eigenvalue weighted by molar-refractivity contribution is 5.76. The first-order chi connectivity index (χ1) is 8.51. The Morgan fingerprint density at radius 1 is 1.39 bits per heavy atom. The van der Waals surface area contributed by atoms with E-state index in [0.717, 1.165) is 32.6 Å². The van der Waals surface area contributed by atoms with E-state index >= 15 is 0 Å². The summed E-state index contributed by atoms with van der Waals surface area (Å²) in [7, 11) is 1.47. The molecule has 0 aliphatic carbocycles. The maximum absolute atomic E-state index is 11.8. The van der Waals surface area contributed by atoms with Crippen LogP contribution in [0.15, 0.2) is 0 Å². The van der Waals surface area contributed by atoms with Gasteiger partial charge in [0.25, 0.3) is 0 Å². The van der Waals surface area contributed by atoms with Crippen LogP contribution in [0.4, 0.5) is 0 Å². The lowest BCUT2D eigenvalue weighted by molar-refractivity contribution is -0.152. The van der Waals surface area contributed by atoms with Gasteiger partial charge < -0.3 is 10.1 Å². The molecule has 1 aliphatic heterocycles. The van der Waals surface area contributed by atoms with Crippen LogP contribution in [0.1, 0.15) is 40.0 Å². The Kier molecular flexibility index (Phi) is 6.09. The van der Waals surface area contributed by atoms with Gasteiger partial charge in [0.15, 0.2) is 0 Å². The average molecular weight is 256 g/mol. The third-order valence-corrected chi connectivity index (χ3v) is 3.67. The third-order valence-electron chi connectivity index (χ3n) is 3.67. The minimum Gasteiger partial charge on any atom is -0.469 e. The molecule has 0 saturated carbocycles. The number of piperidine rings is 1. The smallest absolute Gasteiger partial charge is 0.312 e. The summed E-state index contributed by atoms with van der Waals surface area (Å²) in [4.78, 5) is 14.3. The van der Waals surface area contributed by atoms with E-state index in [9.17, 15) is 4.79 Å². The Morgan fingerprint density at radius 3 is 2.50 bits per heavy atom. The summed E-state index contributed by atoms with van der Waals surface area (Å²) in [6.45, 7) is 10.2. The number of carbonyl (C=O) groups is 1. The Labute approximate surface area is 111 Å². The van der Waals surface area contributed by atoms with Crippen molar-refractivity contribution >= 4 is 5.97 Å². The standard InChI is InChI=1S/C14H28N2O2/c1-5-10-16(12-6-8-15-9-7-12)11-14(2,3)13(17)18-4/h12,15H,5-11H2,1-4H3. The molecule has 1 rings (SSSR count). The fraction of sp³-hybridized carbons (Fsp3) is 0.929. The van der Waals surface area contributed by atoms with Gasteiger partial charge in [0.05, 0.1) is 12.5 Å². The second-order valence-corrected chi connectivity index (χ2v) is 5.83. The third kappa shape index (κ3) is 4.25. The second-order valence-electron chi connectivity index (χ2n) is 5.83. The molecule has 1 fully saturated rings. The molecule has 0 bridgehead atoms. The van der Waals surface area contributed by atoms with Crippen molar-refractivity contribution < 1.29 is 9.53 Å². The molecule has 1 N–H and O–H groups in total. The van der Waals surface area contributed by atoms with Crippen LogP contribution >= 0.6 is 0 Å². The number of nitrogens with one attached hydrogen (secondary N) is 1. The average Bonchev–Trinajstić information content (AvgIpc) is 2.38. The first kappa shape index (κ1) is 15.4. The van der Waals surface area contributed by atoms with E-state index in [1.54, 1.807) is 0 Å². The van der Waals surface area contributed by atoms with Gasteiger partial charge in [-0.1, -0.05) is 6.92 Å². The van der Waals surface area contributed by atoms with Crippen molar-refractivity contribution in [1.82, 2.24) is 10.2 Å². The van der Waals surface area contributed by atoms with Crippen LogP contribution in [-0.4, -0.2) is 50.2 Å². The largest absolute Gasteiger partial charge is 0.469 e. The molecule has 0 aromatic carbocycles. The topological polar surface area (TPSA) is 41.6 Å². The zero-order chi connectivity index (χ0) is 13.6. The fourth-order valence-corrected chi connectivity index (χ4v) is 2.70. The van der Waals surface area contributed by atoms with Gasteiger partial charge in [0, 0.05) is 12.6 Å². The molecule has 0 aromatic rings. The van der Waals surface area contributed by atoms with Crippen molar-refractivity contribution in [3.05, 3.63) is 0 Å². The summed E-state index contributed by atoms with van der Waals surface area (Å²) < 4.78 is 4.90. The van der Waals surface area contributed by atoms with Crippen LogP contribution < -0.4 is 5.32 Å². The van der Waals surface area contributed by atoms with Crippen LogP contribution in [-0.2, 0) is 9.53 Å². The van der Waals surface area contributed by atoms with Gasteiger partial charge in [-0.15, -0.1) is 0 Å². The number of hydrogen-bond acceptors (Lipinski definition) is 4. The highest BCUT2D eigenvalue weighted by Crippen LogP contribution is 2.23. The van der Waals surface area contributed by atoms with E-state index in [4.69, 9.17) is 4.74 Å². The molecule has 4 heteroatoms. The summed E-state index contributed by atoms with van der Waals surface area (Å²) in [6, 6.07) is 0.607. The van der Waals surface area contributed by atoms with Crippen LogP contribution in [0, 0.1) is 5.41 Å². The predicted molar refractivity (Wildman–Crippen MR) is 73.6 cm³/mol. The Hall–Kier alpha value is -0.610. The van der Waals surface area contributed by atoms with Crippen molar-refractivity contribution in [2.45, 2.75) is 46.1 Å². The van der Waals surface area contributed by atoms with E-state index in [0.29, 0.717) is 6.04 Å². The second kappa shape index (κ2) is 7.10. The van der Waals surface area contributed by atoms with Crippen molar-refractivity contribution in [2.24, 2.45) is 5.41 Å². The fourth-order valence-electron chi connectivity index (χ4n) is 2.70. The number of esters is 1. The van der Waals surface area contributed by atoms with Crippen molar-refractivity contribution in [3.8, 4) is 0 Å². The van der Waals surface area contributed by atoms with Gasteiger partial charge in [0.1, 0.15) is 0 Å². The molecular formula is C14H28N2O2. The summed E-state index contributed by atoms with van der Waals surface area (Å²) in [6.07, 6.45) is 3.48. The van der Waals surface area contributed by atoms with Crippen molar-refractivity contribution in [2.75, 3.05) is 33.3 Å². The van der Waals surface area contributed by atoms with Gasteiger partial charge in [-0.05, 0) is 52.7 Å². The van der Waals surface area contributed by atoms with Gasteiger partial charge in [-0.2, -0.15) is 0 Å². The van der Waals surface area contributed by atoms with E-state index in [-0.39, 0.29) is 5.97 Å². The predicted octanol–water partition coefficient (Wildman–Crippen LogP) is 1.65. The van der Waals surface area contributed by atoms with Crippen LogP contribution in [0.2, 0.25) is 0 Å². The van der Waals surface area contributed by atoms with Crippen LogP contribution in [0.25, 0.3) is 0 Å². The Balaban J connectivity index is 2.63. The number of hydrogen-bond donors (Lipinski definition) is 1. The summed E-state index contributed by atoms with van der Waals surface area (Å²) >= 11 is 0. The molecule has 0 aromatic heterocycles. The van der Waals surface area contributed by atoms with Crippen molar-refractivity contribution in [1.29, 1.82) is 0 Å². The minimum absolute atomic E-state index is 0.113. The van der Waals surface area contributed by atoms with Gasteiger partial charge >= 0.3 is 5.97 Å². The van der Waals surface area contributed by atoms with Gasteiger partial charge in [0.2, 0.25) is 0 Å². The first-order valence-corrected chi connectivity index (χ1v) is 7.04. The number of methoxy groups -OCH3 is 1. The maximum atomic E-state index is 11.8. The summed E-state index contributed by atoms with van der Waals surface area (Å²) in [5.41, 5.74) is -0.422. The molecule has 0 spiro atoms. The van der Waals surface area contributed by atoms with E-state index in [1.807, 2.05) is 13.8 Å². The van der Waals surface area contributed by atoms with Crippen LogP contribution in [0.5, 0.6) is 0 Å². The number of ether oxygens (including phenoxy) is 1. The Bertz CT molecular complexity index is 261. The highest BCUT2D eigenvalue weighted by atomic mass is 16.5. The van der Waals surface area contributed by atoms with Crippen molar-refractivity contribution in [3.63, 3.8) is 0 Å². The first-order valence-electron chi connectivity index (χ1n) is 7.04. The minimum atomic E-state index is -0.422. The number of nitrogens with zero attached hydrogens (tertiary/aromatic N) is 1. The van der Waals surface area contributed by atoms with Crippen LogP contribution in [0.3, 0.4) is 0 Å². The van der Waals surface area contributed by atoms with E-state index < -0.39 is 5.41 Å². The summed E-state index contributed by atoms with van der Waals surface area (Å²) in [5, 5.41) is 3.39. The monoisotopic (exact) mass is 256 g/mol. The molecule has 106 valence electrons. The molecule has 0 unspecified atom stereocenters. The number of carbonyl (C=O) groups excluding carboxylic acids is 1. The molecule has 1 saturated heterocycles. The zero-order valence-corrected chi connectivity index (χ0v) is 12.3. The molecule has 0 amide bonds. The maximum Gasteiger partial charge on any atom is 0.312 e. The normalized spacial score (nSPS) is 18.1. The molecule has 18 heavy (non-hydrogen) atoms. The van der Waals surface area contributed by atoms with Gasteiger partial charge in [-0.25, -0.2) is 0 Å². The molecule has 4 nitrogen and oxygen atoms in total. The highest BCUT2D eigenvalue weighted by Gasteiger charge is 2.33.